The lowest BCUT2D eigenvalue weighted by atomic mass is 10.1. The zero-order valence-electron chi connectivity index (χ0n) is 21.1. The van der Waals surface area contributed by atoms with Crippen LogP contribution in [0.2, 0.25) is 0 Å². The minimum Gasteiger partial charge on any atom is -0.434 e. The molecule has 1 unspecified atom stereocenters. The van der Waals surface area contributed by atoms with Crippen molar-refractivity contribution in [3.05, 3.63) is 90.6 Å². The van der Waals surface area contributed by atoms with E-state index < -0.39 is 44.8 Å². The molecule has 1 saturated heterocycles. The zero-order valence-corrected chi connectivity index (χ0v) is 21.9. The van der Waals surface area contributed by atoms with Crippen LogP contribution in [0.3, 0.4) is 0 Å². The van der Waals surface area contributed by atoms with E-state index in [-0.39, 0.29) is 35.7 Å². The quantitative estimate of drug-likeness (QED) is 0.333. The number of rotatable bonds is 8. The van der Waals surface area contributed by atoms with Crippen molar-refractivity contribution in [3.8, 4) is 0 Å². The van der Waals surface area contributed by atoms with Gasteiger partial charge in [0.2, 0.25) is 11.7 Å². The van der Waals surface area contributed by atoms with Gasteiger partial charge in [-0.1, -0.05) is 37.3 Å². The van der Waals surface area contributed by atoms with Crippen molar-refractivity contribution in [2.24, 2.45) is 0 Å². The number of benzene rings is 2. The van der Waals surface area contributed by atoms with Crippen molar-refractivity contribution >= 4 is 38.5 Å². The number of hydrogen-bond donors (Lipinski definition) is 1. The number of para-hydroxylation sites is 2. The number of sulfone groups is 1. The maximum Gasteiger partial charge on any atom is 0.266 e. The first-order valence-corrected chi connectivity index (χ1v) is 14.0. The van der Waals surface area contributed by atoms with Crippen molar-refractivity contribution < 1.29 is 27.2 Å². The molecule has 1 fully saturated rings. The second kappa shape index (κ2) is 10.8. The number of ketones is 1. The lowest BCUT2D eigenvalue weighted by molar-refractivity contribution is -0.125. The second-order valence-corrected chi connectivity index (χ2v) is 11.5. The van der Waals surface area contributed by atoms with Gasteiger partial charge in [0.1, 0.15) is 11.6 Å². The van der Waals surface area contributed by atoms with Gasteiger partial charge in [0.15, 0.2) is 15.4 Å². The van der Waals surface area contributed by atoms with E-state index in [1.807, 2.05) is 0 Å². The summed E-state index contributed by atoms with van der Waals surface area (Å²) < 4.78 is 32.4. The zero-order chi connectivity index (χ0) is 27.6. The predicted octanol–water partition coefficient (Wildman–Crippen LogP) is 3.06. The topological polar surface area (TPSA) is 140 Å². The Morgan fingerprint density at radius 1 is 1.03 bits per heavy atom. The summed E-state index contributed by atoms with van der Waals surface area (Å²) in [6, 6.07) is 15.8. The van der Waals surface area contributed by atoms with Crippen LogP contribution in [0.15, 0.2) is 88.4 Å². The summed E-state index contributed by atoms with van der Waals surface area (Å²) in [5.74, 6) is -1.77. The van der Waals surface area contributed by atoms with E-state index in [4.69, 9.17) is 4.42 Å². The molecule has 0 aliphatic carbocycles. The highest BCUT2D eigenvalue weighted by Gasteiger charge is 2.46. The van der Waals surface area contributed by atoms with Crippen molar-refractivity contribution in [2.45, 2.75) is 42.0 Å². The van der Waals surface area contributed by atoms with E-state index in [0.29, 0.717) is 11.1 Å². The van der Waals surface area contributed by atoms with Crippen LogP contribution >= 0.6 is 0 Å². The third kappa shape index (κ3) is 5.17. The Bertz CT molecular complexity index is 1590. The molecule has 1 N–H and O–H groups in total. The Kier molecular flexibility index (Phi) is 7.25. The monoisotopic (exact) mass is 546 g/mol. The Hall–Kier alpha value is -4.38. The number of fused-ring (bicyclic) bond motifs is 1. The molecule has 11 heteroatoms. The highest BCUT2D eigenvalue weighted by molar-refractivity contribution is 7.92. The molecule has 1 aliphatic rings. The number of pyridine rings is 1. The Morgan fingerprint density at radius 3 is 2.41 bits per heavy atom. The van der Waals surface area contributed by atoms with Crippen LogP contribution in [-0.2, 0) is 14.6 Å². The lowest BCUT2D eigenvalue weighted by Crippen LogP contribution is -2.50. The van der Waals surface area contributed by atoms with Gasteiger partial charge in [-0.15, -0.1) is 0 Å². The average Bonchev–Trinajstić information content (AvgIpc) is 3.62. The summed E-state index contributed by atoms with van der Waals surface area (Å²) in [6.45, 7) is 1.55. The molecule has 10 nitrogen and oxygen atoms in total. The van der Waals surface area contributed by atoms with Gasteiger partial charge in [0.05, 0.1) is 16.2 Å². The summed E-state index contributed by atoms with van der Waals surface area (Å²) in [4.78, 5) is 49.7. The van der Waals surface area contributed by atoms with E-state index in [1.165, 1.54) is 41.6 Å². The number of likely N-dealkylation sites (tertiary alicyclic amines) is 1. The van der Waals surface area contributed by atoms with Crippen LogP contribution in [0.5, 0.6) is 0 Å². The number of nitrogens with one attached hydrogen (secondary N) is 1. The largest absolute Gasteiger partial charge is 0.434 e. The summed E-state index contributed by atoms with van der Waals surface area (Å²) >= 11 is 0. The lowest BCUT2D eigenvalue weighted by Gasteiger charge is -2.25. The van der Waals surface area contributed by atoms with Crippen molar-refractivity contribution in [1.29, 1.82) is 0 Å². The first-order chi connectivity index (χ1) is 18.8. The number of amides is 2. The van der Waals surface area contributed by atoms with Gasteiger partial charge in [-0.3, -0.25) is 19.4 Å². The standard InChI is InChI=1S/C28H26N4O6S/c1-2-21(25(33)27-31-22-10-6-7-11-24(22)38-27)30-26(34)23-16-20(39(36,37)19-8-4-3-5-9-19)17-32(23)28(35)18-12-14-29-15-13-18/h3-15,20-21,23H,2,16-17H2,1H3,(H,30,34)/t20-,21?,23+/m1/s1. The normalized spacial score (nSPS) is 18.1. The summed E-state index contributed by atoms with van der Waals surface area (Å²) in [6.07, 6.45) is 3.01. The average molecular weight is 547 g/mol. The molecule has 3 atom stereocenters. The van der Waals surface area contributed by atoms with Crippen molar-refractivity contribution in [2.75, 3.05) is 6.54 Å². The minimum absolute atomic E-state index is 0.116. The summed E-state index contributed by atoms with van der Waals surface area (Å²) in [5, 5.41) is 1.70. The van der Waals surface area contributed by atoms with Gasteiger partial charge < -0.3 is 14.6 Å². The molecule has 200 valence electrons. The third-order valence-corrected chi connectivity index (χ3v) is 8.96. The van der Waals surface area contributed by atoms with Gasteiger partial charge in [0, 0.05) is 24.5 Å². The molecule has 0 bridgehead atoms. The third-order valence-electron chi connectivity index (χ3n) is 6.81. The van der Waals surface area contributed by atoms with E-state index in [1.54, 1.807) is 49.4 Å². The van der Waals surface area contributed by atoms with Crippen LogP contribution in [-0.4, -0.2) is 64.8 Å². The molecule has 0 radical (unpaired) electrons. The van der Waals surface area contributed by atoms with Crippen LogP contribution in [0.1, 0.15) is 40.8 Å². The van der Waals surface area contributed by atoms with Crippen LogP contribution in [0.4, 0.5) is 0 Å². The van der Waals surface area contributed by atoms with Crippen LogP contribution in [0.25, 0.3) is 11.1 Å². The molecule has 2 aromatic heterocycles. The SMILES string of the molecule is CCC(NC(=O)[C@@H]1C[C@@H](S(=O)(=O)c2ccccc2)CN1C(=O)c1ccncc1)C(=O)c1nc2ccccc2o1. The van der Waals surface area contributed by atoms with E-state index in [9.17, 15) is 22.8 Å². The fourth-order valence-electron chi connectivity index (χ4n) is 4.71. The van der Waals surface area contributed by atoms with Gasteiger partial charge >= 0.3 is 0 Å². The maximum atomic E-state index is 13.6. The van der Waals surface area contributed by atoms with Crippen molar-refractivity contribution in [1.82, 2.24) is 20.2 Å². The van der Waals surface area contributed by atoms with Gasteiger partial charge in [-0.25, -0.2) is 13.4 Å². The first kappa shape index (κ1) is 26.2. The van der Waals surface area contributed by atoms with Crippen molar-refractivity contribution in [3.63, 3.8) is 0 Å². The van der Waals surface area contributed by atoms with Gasteiger partial charge in [-0.05, 0) is 49.2 Å². The fourth-order valence-corrected chi connectivity index (χ4v) is 6.42. The number of Topliss-reactive ketones (excluding diaryl/α,β-unsaturated/α-hetero) is 1. The molecular weight excluding hydrogens is 520 g/mol. The van der Waals surface area contributed by atoms with Gasteiger partial charge in [-0.2, -0.15) is 0 Å². The molecule has 39 heavy (non-hydrogen) atoms. The predicted molar refractivity (Wildman–Crippen MR) is 142 cm³/mol. The Balaban J connectivity index is 1.41. The summed E-state index contributed by atoms with van der Waals surface area (Å²) in [7, 11) is -3.84. The molecule has 2 aromatic carbocycles. The number of aromatic nitrogens is 2. The molecule has 5 rings (SSSR count). The molecule has 0 spiro atoms. The van der Waals surface area contributed by atoms with Crippen LogP contribution < -0.4 is 5.32 Å². The van der Waals surface area contributed by atoms with Crippen LogP contribution in [0, 0.1) is 0 Å². The number of carbonyl (C=O) groups excluding carboxylic acids is 3. The molecule has 4 aromatic rings. The number of oxazole rings is 1. The maximum absolute atomic E-state index is 13.6. The number of nitrogens with zero attached hydrogens (tertiary/aromatic N) is 3. The van der Waals surface area contributed by atoms with E-state index in [2.05, 4.69) is 15.3 Å². The Morgan fingerprint density at radius 2 is 1.72 bits per heavy atom. The smallest absolute Gasteiger partial charge is 0.266 e. The van der Waals surface area contributed by atoms with E-state index in [0.717, 1.165) is 0 Å². The fraction of sp³-hybridized carbons (Fsp3) is 0.250. The number of carbonyl (C=O) groups is 3. The molecule has 3 heterocycles. The van der Waals surface area contributed by atoms with E-state index >= 15 is 0 Å². The molecule has 0 saturated carbocycles. The molecule has 1 aliphatic heterocycles. The Labute approximate surface area is 225 Å². The number of hydrogen-bond acceptors (Lipinski definition) is 8. The highest BCUT2D eigenvalue weighted by atomic mass is 32.2. The molecular formula is C28H26N4O6S. The first-order valence-electron chi connectivity index (χ1n) is 12.5. The second-order valence-electron chi connectivity index (χ2n) is 9.25. The highest BCUT2D eigenvalue weighted by Crippen LogP contribution is 2.30. The van der Waals surface area contributed by atoms with Gasteiger partial charge in [0.25, 0.3) is 11.8 Å². The minimum atomic E-state index is -3.84. The summed E-state index contributed by atoms with van der Waals surface area (Å²) in [5.41, 5.74) is 1.23. The molecule has 2 amide bonds.